The lowest BCUT2D eigenvalue weighted by Gasteiger charge is -2.39. The molecule has 0 bridgehead atoms. The van der Waals surface area contributed by atoms with Gasteiger partial charge in [-0.25, -0.2) is 4.39 Å². The topological polar surface area (TPSA) is 23.6 Å². The Morgan fingerprint density at radius 1 is 1.35 bits per heavy atom. The first-order valence-corrected chi connectivity index (χ1v) is 8.58. The van der Waals surface area contributed by atoms with Crippen molar-refractivity contribution < 1.29 is 9.18 Å². The molecule has 2 aliphatic heterocycles. The van der Waals surface area contributed by atoms with Gasteiger partial charge in [-0.1, -0.05) is 6.08 Å². The van der Waals surface area contributed by atoms with Crippen molar-refractivity contribution in [3.63, 3.8) is 0 Å². The summed E-state index contributed by atoms with van der Waals surface area (Å²) in [5.74, 6) is 0.240. The van der Waals surface area contributed by atoms with Gasteiger partial charge in [0.05, 0.1) is 0 Å². The number of hydrogen-bond acceptors (Lipinski definition) is 2. The van der Waals surface area contributed by atoms with Crippen molar-refractivity contribution in [1.82, 2.24) is 4.90 Å². The Bertz CT molecular complexity index is 645. The molecule has 4 rings (SSSR count). The van der Waals surface area contributed by atoms with Gasteiger partial charge in [-0.2, -0.15) is 0 Å². The summed E-state index contributed by atoms with van der Waals surface area (Å²) in [6, 6.07) is 4.95. The first-order chi connectivity index (χ1) is 11.1. The molecule has 4 heteroatoms. The third kappa shape index (κ3) is 2.49. The van der Waals surface area contributed by atoms with Gasteiger partial charge in [0.1, 0.15) is 5.82 Å². The predicted molar refractivity (Wildman–Crippen MR) is 89.0 cm³/mol. The Balaban J connectivity index is 1.65. The monoisotopic (exact) mass is 314 g/mol. The molecule has 0 N–H and O–H groups in total. The fourth-order valence-electron chi connectivity index (χ4n) is 4.16. The normalized spacial score (nSPS) is 23.1. The van der Waals surface area contributed by atoms with Gasteiger partial charge in [0.25, 0.3) is 0 Å². The van der Waals surface area contributed by atoms with E-state index in [1.54, 1.807) is 12.1 Å². The van der Waals surface area contributed by atoms with Gasteiger partial charge in [-0.3, -0.25) is 9.69 Å². The number of nitrogens with zero attached hydrogens (tertiary/aromatic N) is 2. The number of rotatable bonds is 3. The van der Waals surface area contributed by atoms with E-state index in [1.807, 2.05) is 11.0 Å². The lowest BCUT2D eigenvalue weighted by molar-refractivity contribution is -0.119. The highest BCUT2D eigenvalue weighted by Crippen LogP contribution is 2.48. The fourth-order valence-corrected chi connectivity index (χ4v) is 4.16. The summed E-state index contributed by atoms with van der Waals surface area (Å²) >= 11 is 0. The van der Waals surface area contributed by atoms with Crippen LogP contribution in [0.5, 0.6) is 0 Å². The van der Waals surface area contributed by atoms with Gasteiger partial charge in [0, 0.05) is 30.1 Å². The van der Waals surface area contributed by atoms with Crippen LogP contribution in [0.4, 0.5) is 10.1 Å². The molecule has 3 aliphatic rings. The SMILES string of the molecule is C=CCN1CCC2(CC1)CN(C(=O)C1CC1)c1ccc(F)cc12. The summed E-state index contributed by atoms with van der Waals surface area (Å²) in [6.07, 6.45) is 5.90. The van der Waals surface area contributed by atoms with E-state index in [9.17, 15) is 9.18 Å². The van der Waals surface area contributed by atoms with Gasteiger partial charge < -0.3 is 4.90 Å². The van der Waals surface area contributed by atoms with E-state index in [0.717, 1.165) is 63.1 Å². The van der Waals surface area contributed by atoms with Crippen LogP contribution in [0.1, 0.15) is 31.2 Å². The Morgan fingerprint density at radius 2 is 2.09 bits per heavy atom. The van der Waals surface area contributed by atoms with Crippen molar-refractivity contribution in [3.05, 3.63) is 42.2 Å². The van der Waals surface area contributed by atoms with Crippen LogP contribution < -0.4 is 4.90 Å². The molecule has 1 aromatic rings. The molecule has 1 saturated carbocycles. The fraction of sp³-hybridized carbons (Fsp3) is 0.526. The number of benzene rings is 1. The van der Waals surface area contributed by atoms with Crippen molar-refractivity contribution in [2.75, 3.05) is 31.1 Å². The summed E-state index contributed by atoms with van der Waals surface area (Å²) in [4.78, 5) is 17.0. The third-order valence-electron chi connectivity index (χ3n) is 5.67. The van der Waals surface area contributed by atoms with Crippen LogP contribution in [0.2, 0.25) is 0 Å². The van der Waals surface area contributed by atoms with E-state index in [4.69, 9.17) is 0 Å². The van der Waals surface area contributed by atoms with E-state index in [2.05, 4.69) is 11.5 Å². The number of hydrogen-bond donors (Lipinski definition) is 0. The van der Waals surface area contributed by atoms with Crippen molar-refractivity contribution in [2.45, 2.75) is 31.1 Å². The van der Waals surface area contributed by atoms with Crippen LogP contribution in [0.3, 0.4) is 0 Å². The second-order valence-corrected chi connectivity index (χ2v) is 7.23. The largest absolute Gasteiger partial charge is 0.311 e. The molecular formula is C19H23FN2O. The highest BCUT2D eigenvalue weighted by atomic mass is 19.1. The van der Waals surface area contributed by atoms with Crippen LogP contribution in [-0.4, -0.2) is 37.0 Å². The van der Waals surface area contributed by atoms with Gasteiger partial charge in [0.15, 0.2) is 0 Å². The minimum atomic E-state index is -0.197. The molecular weight excluding hydrogens is 291 g/mol. The summed E-state index contributed by atoms with van der Waals surface area (Å²) in [5, 5.41) is 0. The van der Waals surface area contributed by atoms with Crippen molar-refractivity contribution in [2.24, 2.45) is 5.92 Å². The summed E-state index contributed by atoms with van der Waals surface area (Å²) in [7, 11) is 0. The first kappa shape index (κ1) is 14.9. The van der Waals surface area contributed by atoms with Crippen LogP contribution >= 0.6 is 0 Å². The van der Waals surface area contributed by atoms with E-state index in [0.29, 0.717) is 0 Å². The van der Waals surface area contributed by atoms with Crippen LogP contribution in [0.15, 0.2) is 30.9 Å². The average molecular weight is 314 g/mol. The molecule has 1 amide bonds. The summed E-state index contributed by atoms with van der Waals surface area (Å²) < 4.78 is 13.9. The zero-order valence-electron chi connectivity index (χ0n) is 13.4. The quantitative estimate of drug-likeness (QED) is 0.801. The standard InChI is InChI=1S/C19H23FN2O/c1-2-9-21-10-7-19(8-11-21)13-22(18(23)14-3-4-14)17-6-5-15(20)12-16(17)19/h2,5-6,12,14H,1,3-4,7-11,13H2. The zero-order chi connectivity index (χ0) is 16.0. The zero-order valence-corrected chi connectivity index (χ0v) is 13.4. The van der Waals surface area contributed by atoms with Crippen molar-refractivity contribution >= 4 is 11.6 Å². The third-order valence-corrected chi connectivity index (χ3v) is 5.67. The predicted octanol–water partition coefficient (Wildman–Crippen LogP) is 3.10. The molecule has 3 nitrogen and oxygen atoms in total. The van der Waals surface area contributed by atoms with Crippen LogP contribution in [-0.2, 0) is 10.2 Å². The van der Waals surface area contributed by atoms with Crippen LogP contribution in [0.25, 0.3) is 0 Å². The minimum Gasteiger partial charge on any atom is -0.311 e. The van der Waals surface area contributed by atoms with Crippen molar-refractivity contribution in [3.8, 4) is 0 Å². The number of likely N-dealkylation sites (tertiary alicyclic amines) is 1. The van der Waals surface area contributed by atoms with Gasteiger partial charge in [0.2, 0.25) is 5.91 Å². The van der Waals surface area contributed by atoms with E-state index in [-0.39, 0.29) is 23.1 Å². The highest BCUT2D eigenvalue weighted by molar-refractivity contribution is 5.99. The van der Waals surface area contributed by atoms with Gasteiger partial charge >= 0.3 is 0 Å². The molecule has 1 aromatic carbocycles. The molecule has 0 atom stereocenters. The molecule has 0 radical (unpaired) electrons. The Hall–Kier alpha value is -1.68. The number of fused-ring (bicyclic) bond motifs is 2. The second-order valence-electron chi connectivity index (χ2n) is 7.23. The number of carbonyl (C=O) groups is 1. The second kappa shape index (κ2) is 5.45. The maximum atomic E-state index is 13.9. The Labute approximate surface area is 136 Å². The molecule has 0 aromatic heterocycles. The van der Waals surface area contributed by atoms with Crippen LogP contribution in [0, 0.1) is 11.7 Å². The Kier molecular flexibility index (Phi) is 3.52. The lowest BCUT2D eigenvalue weighted by atomic mass is 9.74. The number of anilines is 1. The molecule has 1 aliphatic carbocycles. The van der Waals surface area contributed by atoms with Gasteiger partial charge in [-0.15, -0.1) is 6.58 Å². The van der Waals surface area contributed by atoms with Crippen molar-refractivity contribution in [1.29, 1.82) is 0 Å². The molecule has 0 unspecified atom stereocenters. The van der Waals surface area contributed by atoms with E-state index < -0.39 is 0 Å². The van der Waals surface area contributed by atoms with E-state index >= 15 is 0 Å². The molecule has 2 heterocycles. The van der Waals surface area contributed by atoms with Gasteiger partial charge in [-0.05, 0) is 62.5 Å². The molecule has 122 valence electrons. The summed E-state index contributed by atoms with van der Waals surface area (Å²) in [5.41, 5.74) is 1.92. The number of piperidine rings is 1. The number of amides is 1. The molecule has 1 saturated heterocycles. The molecule has 2 fully saturated rings. The first-order valence-electron chi connectivity index (χ1n) is 8.58. The maximum Gasteiger partial charge on any atom is 0.230 e. The highest BCUT2D eigenvalue weighted by Gasteiger charge is 2.48. The average Bonchev–Trinajstić information content (AvgIpc) is 3.35. The van der Waals surface area contributed by atoms with E-state index in [1.165, 1.54) is 6.07 Å². The molecule has 23 heavy (non-hydrogen) atoms. The number of carbonyl (C=O) groups excluding carboxylic acids is 1. The number of halogens is 1. The maximum absolute atomic E-state index is 13.9. The Morgan fingerprint density at radius 3 is 2.74 bits per heavy atom. The summed E-state index contributed by atoms with van der Waals surface area (Å²) in [6.45, 7) is 7.39. The lowest BCUT2D eigenvalue weighted by Crippen LogP contribution is -2.46. The molecule has 1 spiro atoms. The smallest absolute Gasteiger partial charge is 0.230 e. The minimum absolute atomic E-state index is 0.0698.